The molecule has 0 aromatic rings. The molecule has 0 aromatic carbocycles. The Bertz CT molecular complexity index is 230. The lowest BCUT2D eigenvalue weighted by atomic mass is 10.0. The third-order valence-electron chi connectivity index (χ3n) is 3.05. The summed E-state index contributed by atoms with van der Waals surface area (Å²) in [6.45, 7) is 5.60. The molecule has 1 N–H and O–H groups in total. The van der Waals surface area contributed by atoms with Gasteiger partial charge >= 0.3 is 5.97 Å². The molecular weight excluding hydrogens is 194 g/mol. The molecule has 0 spiro atoms. The van der Waals surface area contributed by atoms with Crippen LogP contribution in [0.15, 0.2) is 0 Å². The molecule has 0 aromatic heterocycles. The summed E-state index contributed by atoms with van der Waals surface area (Å²) in [5, 5.41) is 3.07. The van der Waals surface area contributed by atoms with Crippen LogP contribution >= 0.6 is 0 Å². The van der Waals surface area contributed by atoms with E-state index in [9.17, 15) is 4.79 Å². The summed E-state index contributed by atoms with van der Waals surface area (Å²) < 4.78 is 11.1. The van der Waals surface area contributed by atoms with E-state index in [0.29, 0.717) is 0 Å². The molecule has 2 aliphatic heterocycles. The van der Waals surface area contributed by atoms with Gasteiger partial charge in [-0.15, -0.1) is 0 Å². The lowest BCUT2D eigenvalue weighted by Crippen LogP contribution is -2.48. The van der Waals surface area contributed by atoms with Crippen LogP contribution in [-0.2, 0) is 14.3 Å². The average Bonchev–Trinajstić information content (AvgIpc) is 1.96. The van der Waals surface area contributed by atoms with E-state index in [1.165, 1.54) is 0 Å². The topological polar surface area (TPSA) is 47.6 Å². The van der Waals surface area contributed by atoms with Crippen molar-refractivity contribution in [1.29, 1.82) is 0 Å². The molecule has 2 saturated heterocycles. The van der Waals surface area contributed by atoms with Crippen LogP contribution in [-0.4, -0.2) is 37.4 Å². The van der Waals surface area contributed by atoms with Crippen molar-refractivity contribution in [3.8, 4) is 0 Å². The van der Waals surface area contributed by atoms with Gasteiger partial charge in [-0.3, -0.25) is 4.79 Å². The van der Waals surface area contributed by atoms with Crippen molar-refractivity contribution in [1.82, 2.24) is 5.32 Å². The van der Waals surface area contributed by atoms with E-state index in [0.717, 1.165) is 25.9 Å². The summed E-state index contributed by atoms with van der Waals surface area (Å²) in [6.07, 6.45) is 2.11. The SMILES string of the molecule is CC1CC(OC(=O)C2CNC2)CC(C)O1. The van der Waals surface area contributed by atoms with Crippen LogP contribution in [0, 0.1) is 5.92 Å². The van der Waals surface area contributed by atoms with Crippen molar-refractivity contribution in [3.05, 3.63) is 0 Å². The zero-order valence-corrected chi connectivity index (χ0v) is 9.36. The second-order valence-electron chi connectivity index (χ2n) is 4.64. The van der Waals surface area contributed by atoms with E-state index < -0.39 is 0 Å². The van der Waals surface area contributed by atoms with Gasteiger partial charge in [0, 0.05) is 25.9 Å². The fourth-order valence-electron chi connectivity index (χ4n) is 2.16. The number of carbonyl (C=O) groups excluding carboxylic acids is 1. The molecule has 4 nitrogen and oxygen atoms in total. The first-order valence-corrected chi connectivity index (χ1v) is 5.72. The monoisotopic (exact) mass is 213 g/mol. The summed E-state index contributed by atoms with van der Waals surface area (Å²) >= 11 is 0. The van der Waals surface area contributed by atoms with E-state index in [1.807, 2.05) is 13.8 Å². The highest BCUT2D eigenvalue weighted by atomic mass is 16.6. The van der Waals surface area contributed by atoms with Gasteiger partial charge in [0.1, 0.15) is 6.10 Å². The van der Waals surface area contributed by atoms with Crippen LogP contribution < -0.4 is 5.32 Å². The maximum atomic E-state index is 11.6. The van der Waals surface area contributed by atoms with E-state index in [4.69, 9.17) is 9.47 Å². The molecular formula is C11H19NO3. The Morgan fingerprint density at radius 1 is 1.27 bits per heavy atom. The zero-order chi connectivity index (χ0) is 10.8. The van der Waals surface area contributed by atoms with Crippen molar-refractivity contribution in [3.63, 3.8) is 0 Å². The van der Waals surface area contributed by atoms with Gasteiger partial charge in [-0.25, -0.2) is 0 Å². The molecule has 2 rings (SSSR count). The van der Waals surface area contributed by atoms with Crippen LogP contribution in [0.25, 0.3) is 0 Å². The summed E-state index contributed by atoms with van der Waals surface area (Å²) in [6, 6.07) is 0. The Balaban J connectivity index is 1.80. The second kappa shape index (κ2) is 4.49. The predicted molar refractivity (Wildman–Crippen MR) is 55.5 cm³/mol. The molecule has 0 radical (unpaired) electrons. The molecule has 86 valence electrons. The third kappa shape index (κ3) is 2.69. The number of nitrogens with one attached hydrogen (secondary N) is 1. The fraction of sp³-hybridized carbons (Fsp3) is 0.909. The zero-order valence-electron chi connectivity index (χ0n) is 9.36. The maximum Gasteiger partial charge on any atom is 0.311 e. The summed E-state index contributed by atoms with van der Waals surface area (Å²) in [4.78, 5) is 11.6. The second-order valence-corrected chi connectivity index (χ2v) is 4.64. The largest absolute Gasteiger partial charge is 0.462 e. The minimum atomic E-state index is -0.0416. The molecule has 15 heavy (non-hydrogen) atoms. The Morgan fingerprint density at radius 2 is 1.87 bits per heavy atom. The first-order valence-electron chi connectivity index (χ1n) is 5.72. The normalized spacial score (nSPS) is 37.1. The van der Waals surface area contributed by atoms with Crippen LogP contribution in [0.3, 0.4) is 0 Å². The van der Waals surface area contributed by atoms with Crippen LogP contribution in [0.5, 0.6) is 0 Å². The van der Waals surface area contributed by atoms with Crippen LogP contribution in [0.1, 0.15) is 26.7 Å². The van der Waals surface area contributed by atoms with Crippen LogP contribution in [0.4, 0.5) is 0 Å². The standard InChI is InChI=1S/C11H19NO3/c1-7-3-10(4-8(2)14-7)15-11(13)9-5-12-6-9/h7-10,12H,3-6H2,1-2H3. The molecule has 0 amide bonds. The number of carbonyl (C=O) groups is 1. The maximum absolute atomic E-state index is 11.6. The highest BCUT2D eigenvalue weighted by molar-refractivity contribution is 5.74. The van der Waals surface area contributed by atoms with E-state index in [-0.39, 0.29) is 30.2 Å². The van der Waals surface area contributed by atoms with Crippen molar-refractivity contribution in [2.45, 2.75) is 45.0 Å². The van der Waals surface area contributed by atoms with E-state index >= 15 is 0 Å². The summed E-state index contributed by atoms with van der Waals surface area (Å²) in [5.74, 6) is 0.0403. The summed E-state index contributed by atoms with van der Waals surface area (Å²) in [5.41, 5.74) is 0. The first kappa shape index (κ1) is 10.9. The Morgan fingerprint density at radius 3 is 2.33 bits per heavy atom. The van der Waals surface area contributed by atoms with E-state index in [2.05, 4.69) is 5.32 Å². The van der Waals surface area contributed by atoms with Crippen molar-refractivity contribution in [2.75, 3.05) is 13.1 Å². The fourth-order valence-corrected chi connectivity index (χ4v) is 2.16. The van der Waals surface area contributed by atoms with Gasteiger partial charge in [0.25, 0.3) is 0 Å². The number of rotatable bonds is 2. The third-order valence-corrected chi connectivity index (χ3v) is 3.05. The number of esters is 1. The number of hydrogen-bond donors (Lipinski definition) is 1. The highest BCUT2D eigenvalue weighted by Gasteiger charge is 2.32. The van der Waals surface area contributed by atoms with Gasteiger partial charge in [0.15, 0.2) is 0 Å². The number of hydrogen-bond acceptors (Lipinski definition) is 4. The van der Waals surface area contributed by atoms with Gasteiger partial charge in [-0.1, -0.05) is 0 Å². The minimum Gasteiger partial charge on any atom is -0.462 e. The molecule has 0 bridgehead atoms. The predicted octanol–water partition coefficient (Wildman–Crippen LogP) is 0.705. The van der Waals surface area contributed by atoms with Crippen molar-refractivity contribution in [2.24, 2.45) is 5.92 Å². The molecule has 2 fully saturated rings. The van der Waals surface area contributed by atoms with Crippen molar-refractivity contribution >= 4 is 5.97 Å². The lowest BCUT2D eigenvalue weighted by Gasteiger charge is -2.33. The molecule has 4 heteroatoms. The molecule has 2 aliphatic rings. The molecule has 2 unspecified atom stereocenters. The average molecular weight is 213 g/mol. The smallest absolute Gasteiger partial charge is 0.311 e. The quantitative estimate of drug-likeness (QED) is 0.686. The first-order chi connectivity index (χ1) is 7.15. The van der Waals surface area contributed by atoms with Gasteiger partial charge in [0.2, 0.25) is 0 Å². The molecule has 0 saturated carbocycles. The van der Waals surface area contributed by atoms with Gasteiger partial charge in [-0.05, 0) is 13.8 Å². The Labute approximate surface area is 90.3 Å². The van der Waals surface area contributed by atoms with Crippen molar-refractivity contribution < 1.29 is 14.3 Å². The van der Waals surface area contributed by atoms with Gasteiger partial charge in [-0.2, -0.15) is 0 Å². The Kier molecular flexibility index (Phi) is 3.26. The van der Waals surface area contributed by atoms with E-state index in [1.54, 1.807) is 0 Å². The van der Waals surface area contributed by atoms with Gasteiger partial charge in [0.05, 0.1) is 18.1 Å². The molecule has 0 aliphatic carbocycles. The Hall–Kier alpha value is -0.610. The highest BCUT2D eigenvalue weighted by Crippen LogP contribution is 2.22. The number of ether oxygens (including phenoxy) is 2. The summed E-state index contributed by atoms with van der Waals surface area (Å²) in [7, 11) is 0. The molecule has 2 heterocycles. The lowest BCUT2D eigenvalue weighted by molar-refractivity contribution is -0.165. The van der Waals surface area contributed by atoms with Gasteiger partial charge < -0.3 is 14.8 Å². The van der Waals surface area contributed by atoms with Crippen LogP contribution in [0.2, 0.25) is 0 Å². The molecule has 2 atom stereocenters. The minimum absolute atomic E-state index is 0.0416.